The molecule has 0 saturated heterocycles. The first-order valence-electron chi connectivity index (χ1n) is 5.18. The van der Waals surface area contributed by atoms with Crippen LogP contribution in [0.4, 0.5) is 26.3 Å². The summed E-state index contributed by atoms with van der Waals surface area (Å²) in [6.07, 6.45) is -14.9. The normalized spacial score (nSPS) is 14.7. The van der Waals surface area contributed by atoms with Gasteiger partial charge in [-0.2, -0.15) is 26.3 Å². The van der Waals surface area contributed by atoms with Crippen LogP contribution in [0.15, 0.2) is 30.3 Å². The molecule has 0 aromatic heterocycles. The van der Waals surface area contributed by atoms with Crippen molar-refractivity contribution < 1.29 is 31.1 Å². The highest BCUT2D eigenvalue weighted by Crippen LogP contribution is 2.36. The number of rotatable bonds is 4. The predicted octanol–water partition coefficient (Wildman–Crippen LogP) is 3.20. The number of ether oxygens (including phenoxy) is 1. The van der Waals surface area contributed by atoms with Crippen molar-refractivity contribution in [2.45, 2.75) is 24.5 Å². The Morgan fingerprint density at radius 2 is 1.42 bits per heavy atom. The average Bonchev–Trinajstić information content (AvgIpc) is 2.26. The zero-order valence-electron chi connectivity index (χ0n) is 9.50. The molecule has 0 radical (unpaired) electrons. The minimum Gasteiger partial charge on any atom is -0.359 e. The maximum Gasteiger partial charge on any atom is 0.423 e. The van der Waals surface area contributed by atoms with Crippen LogP contribution >= 0.6 is 0 Å². The molecule has 19 heavy (non-hydrogen) atoms. The van der Waals surface area contributed by atoms with Gasteiger partial charge in [0.15, 0.2) is 0 Å². The van der Waals surface area contributed by atoms with Gasteiger partial charge >= 0.3 is 12.4 Å². The molecule has 0 aliphatic heterocycles. The van der Waals surface area contributed by atoms with E-state index in [4.69, 9.17) is 5.73 Å². The van der Waals surface area contributed by atoms with E-state index in [1.54, 1.807) is 18.2 Å². The van der Waals surface area contributed by atoms with E-state index in [0.29, 0.717) is 5.56 Å². The Morgan fingerprint density at radius 1 is 0.947 bits per heavy atom. The lowest BCUT2D eigenvalue weighted by molar-refractivity contribution is -0.322. The summed E-state index contributed by atoms with van der Waals surface area (Å²) in [6, 6.07) is 6.70. The van der Waals surface area contributed by atoms with E-state index >= 15 is 0 Å². The summed E-state index contributed by atoms with van der Waals surface area (Å²) in [5.41, 5.74) is 5.86. The highest BCUT2D eigenvalue weighted by molar-refractivity contribution is 5.18. The first kappa shape index (κ1) is 15.8. The summed E-state index contributed by atoms with van der Waals surface area (Å²) in [5, 5.41) is 0. The van der Waals surface area contributed by atoms with E-state index in [1.807, 2.05) is 0 Å². The van der Waals surface area contributed by atoms with Gasteiger partial charge in [0.25, 0.3) is 0 Å². The van der Waals surface area contributed by atoms with E-state index in [0.717, 1.165) is 0 Å². The van der Waals surface area contributed by atoms with Crippen LogP contribution < -0.4 is 5.73 Å². The molecule has 0 heterocycles. The number of halogens is 6. The Balaban J connectivity index is 2.68. The monoisotopic (exact) mass is 287 g/mol. The first-order chi connectivity index (χ1) is 8.62. The van der Waals surface area contributed by atoms with Gasteiger partial charge in [0, 0.05) is 0 Å². The summed E-state index contributed by atoms with van der Waals surface area (Å²) in [5.74, 6) is 0. The van der Waals surface area contributed by atoms with Gasteiger partial charge in [-0.1, -0.05) is 30.3 Å². The molecular formula is C11H11F6NO. The molecule has 1 unspecified atom stereocenters. The summed E-state index contributed by atoms with van der Waals surface area (Å²) >= 11 is 0. The molecule has 0 amide bonds. The highest BCUT2D eigenvalue weighted by atomic mass is 19.4. The van der Waals surface area contributed by atoms with Crippen molar-refractivity contribution >= 4 is 0 Å². The third-order valence-electron chi connectivity index (χ3n) is 2.26. The largest absolute Gasteiger partial charge is 0.423 e. The second-order valence-electron chi connectivity index (χ2n) is 3.81. The molecule has 2 nitrogen and oxygen atoms in total. The predicted molar refractivity (Wildman–Crippen MR) is 55.2 cm³/mol. The molecule has 0 fully saturated rings. The Hall–Kier alpha value is -1.28. The lowest BCUT2D eigenvalue weighted by Crippen LogP contribution is -2.45. The Labute approximate surface area is 105 Å². The minimum atomic E-state index is -5.52. The standard InChI is InChI=1S/C11H11F6NO/c12-10(13,14)9(11(15,16)17)19-6-8(18)7-4-2-1-3-5-7/h1-5,8-9H,6,18H2. The molecule has 0 bridgehead atoms. The van der Waals surface area contributed by atoms with Crippen LogP contribution in [0.3, 0.4) is 0 Å². The van der Waals surface area contributed by atoms with Crippen molar-refractivity contribution in [3.63, 3.8) is 0 Å². The van der Waals surface area contributed by atoms with E-state index in [9.17, 15) is 26.3 Å². The molecule has 1 atom stereocenters. The van der Waals surface area contributed by atoms with Gasteiger partial charge in [-0.3, -0.25) is 0 Å². The summed E-state index contributed by atoms with van der Waals surface area (Å²) < 4.78 is 77.0. The number of alkyl halides is 6. The van der Waals surface area contributed by atoms with E-state index in [2.05, 4.69) is 4.74 Å². The molecule has 1 aromatic rings. The number of hydrogen-bond acceptors (Lipinski definition) is 2. The Morgan fingerprint density at radius 3 is 1.84 bits per heavy atom. The highest BCUT2D eigenvalue weighted by Gasteiger charge is 2.58. The molecule has 0 saturated carbocycles. The molecule has 0 aliphatic rings. The molecule has 2 N–H and O–H groups in total. The van der Waals surface area contributed by atoms with Gasteiger partial charge in [-0.15, -0.1) is 0 Å². The number of hydrogen-bond donors (Lipinski definition) is 1. The molecule has 1 aromatic carbocycles. The van der Waals surface area contributed by atoms with Gasteiger partial charge in [-0.05, 0) is 5.56 Å². The van der Waals surface area contributed by atoms with Gasteiger partial charge in [0.05, 0.1) is 12.6 Å². The molecular weight excluding hydrogens is 276 g/mol. The average molecular weight is 287 g/mol. The molecule has 1 rings (SSSR count). The summed E-state index contributed by atoms with van der Waals surface area (Å²) in [4.78, 5) is 0. The van der Waals surface area contributed by atoms with Gasteiger partial charge in [-0.25, -0.2) is 0 Å². The maximum atomic E-state index is 12.2. The van der Waals surface area contributed by atoms with Crippen LogP contribution in [0.2, 0.25) is 0 Å². The number of nitrogens with two attached hydrogens (primary N) is 1. The zero-order valence-corrected chi connectivity index (χ0v) is 9.50. The molecule has 8 heteroatoms. The topological polar surface area (TPSA) is 35.2 Å². The van der Waals surface area contributed by atoms with Crippen LogP contribution in [-0.2, 0) is 4.74 Å². The number of benzene rings is 1. The fourth-order valence-corrected chi connectivity index (χ4v) is 1.37. The van der Waals surface area contributed by atoms with Gasteiger partial charge in [0.2, 0.25) is 6.10 Å². The van der Waals surface area contributed by atoms with Crippen LogP contribution in [0.1, 0.15) is 11.6 Å². The third kappa shape index (κ3) is 4.71. The van der Waals surface area contributed by atoms with Crippen molar-refractivity contribution in [2.75, 3.05) is 6.61 Å². The summed E-state index contributed by atoms with van der Waals surface area (Å²) in [6.45, 7) is -0.881. The van der Waals surface area contributed by atoms with Gasteiger partial charge < -0.3 is 10.5 Å². The Kier molecular flexibility index (Phi) is 4.81. The third-order valence-corrected chi connectivity index (χ3v) is 2.26. The second-order valence-corrected chi connectivity index (χ2v) is 3.81. The molecule has 0 spiro atoms. The van der Waals surface area contributed by atoms with E-state index < -0.39 is 31.1 Å². The fraction of sp³-hybridized carbons (Fsp3) is 0.455. The molecule has 0 aliphatic carbocycles. The van der Waals surface area contributed by atoms with Crippen molar-refractivity contribution in [1.82, 2.24) is 0 Å². The Bertz CT molecular complexity index is 374. The van der Waals surface area contributed by atoms with Crippen LogP contribution in [0.5, 0.6) is 0 Å². The smallest absolute Gasteiger partial charge is 0.359 e. The lowest BCUT2D eigenvalue weighted by atomic mass is 10.1. The fourth-order valence-electron chi connectivity index (χ4n) is 1.37. The van der Waals surface area contributed by atoms with E-state index in [1.165, 1.54) is 12.1 Å². The van der Waals surface area contributed by atoms with Crippen LogP contribution in [0, 0.1) is 0 Å². The van der Waals surface area contributed by atoms with Crippen LogP contribution in [-0.4, -0.2) is 25.1 Å². The maximum absolute atomic E-state index is 12.2. The second kappa shape index (κ2) is 5.79. The first-order valence-corrected chi connectivity index (χ1v) is 5.18. The molecule has 108 valence electrons. The van der Waals surface area contributed by atoms with Crippen molar-refractivity contribution in [3.05, 3.63) is 35.9 Å². The summed E-state index contributed by atoms with van der Waals surface area (Å²) in [7, 11) is 0. The van der Waals surface area contributed by atoms with Crippen molar-refractivity contribution in [3.8, 4) is 0 Å². The van der Waals surface area contributed by atoms with Gasteiger partial charge in [0.1, 0.15) is 0 Å². The minimum absolute atomic E-state index is 0.394. The SMILES string of the molecule is NC(COC(C(F)(F)F)C(F)(F)F)c1ccccc1. The lowest BCUT2D eigenvalue weighted by Gasteiger charge is -2.24. The van der Waals surface area contributed by atoms with Crippen molar-refractivity contribution in [2.24, 2.45) is 5.73 Å². The zero-order chi connectivity index (χ0) is 14.7. The van der Waals surface area contributed by atoms with Crippen LogP contribution in [0.25, 0.3) is 0 Å². The van der Waals surface area contributed by atoms with E-state index in [-0.39, 0.29) is 0 Å². The quantitative estimate of drug-likeness (QED) is 0.863. The van der Waals surface area contributed by atoms with Crippen molar-refractivity contribution in [1.29, 1.82) is 0 Å².